The normalized spacial score (nSPS) is 13.0. The molecule has 8 nitrogen and oxygen atoms in total. The largest absolute Gasteiger partial charge is 0.468 e. The van der Waals surface area contributed by atoms with E-state index in [9.17, 15) is 14.4 Å². The molecule has 8 heteroatoms. The second kappa shape index (κ2) is 11.4. The van der Waals surface area contributed by atoms with Gasteiger partial charge in [0.15, 0.2) is 0 Å². The van der Waals surface area contributed by atoms with E-state index >= 15 is 0 Å². The molecular formula is C25H32N4O4. The second-order valence-corrected chi connectivity index (χ2v) is 8.39. The highest BCUT2D eigenvalue weighted by atomic mass is 16.5. The third-order valence-electron chi connectivity index (χ3n) is 5.67. The Balaban J connectivity index is 1.70. The quantitative estimate of drug-likeness (QED) is 0.531. The number of ether oxygens (including phenoxy) is 1. The fourth-order valence-corrected chi connectivity index (χ4v) is 3.71. The van der Waals surface area contributed by atoms with E-state index in [4.69, 9.17) is 0 Å². The van der Waals surface area contributed by atoms with Crippen LogP contribution in [0, 0.1) is 0 Å². The number of carbonyl (C=O) groups excluding carboxylic acids is 3. The first kappa shape index (κ1) is 24.1. The molecule has 3 rings (SSSR count). The average Bonchev–Trinajstić information content (AvgIpc) is 3.36. The van der Waals surface area contributed by atoms with Gasteiger partial charge < -0.3 is 25.6 Å². The summed E-state index contributed by atoms with van der Waals surface area (Å²) in [4.78, 5) is 38.6. The number of urea groups is 1. The van der Waals surface area contributed by atoms with Crippen LogP contribution in [0.1, 0.15) is 54.1 Å². The van der Waals surface area contributed by atoms with Gasteiger partial charge in [-0.15, -0.1) is 0 Å². The smallest absolute Gasteiger partial charge is 0.325 e. The minimum absolute atomic E-state index is 0.228. The Labute approximate surface area is 194 Å². The van der Waals surface area contributed by atoms with E-state index in [2.05, 4.69) is 51.6 Å². The van der Waals surface area contributed by atoms with Crippen LogP contribution >= 0.6 is 0 Å². The minimum Gasteiger partial charge on any atom is -0.468 e. The summed E-state index contributed by atoms with van der Waals surface area (Å²) >= 11 is 0. The number of esters is 1. The van der Waals surface area contributed by atoms with Gasteiger partial charge in [0, 0.05) is 25.2 Å². The van der Waals surface area contributed by atoms with E-state index in [1.165, 1.54) is 12.7 Å². The third-order valence-corrected chi connectivity index (χ3v) is 5.67. The van der Waals surface area contributed by atoms with E-state index in [0.29, 0.717) is 23.7 Å². The Morgan fingerprint density at radius 1 is 1.00 bits per heavy atom. The standard InChI is InChI=1S/C25H32N4O4/c1-17(2)19-8-6-18(7-9-19)15-26-24(31)20-10-11-22(29-12-4-5-13-29)21(14-20)28-25(32)27-16-23(30)33-3/h6-11,14,17H,4-5,12-13,15-16H2,1-3H3,(H,26,31)(H2,27,28,32). The lowest BCUT2D eigenvalue weighted by molar-refractivity contribution is -0.139. The van der Waals surface area contributed by atoms with Crippen molar-refractivity contribution >= 4 is 29.3 Å². The Hall–Kier alpha value is -3.55. The summed E-state index contributed by atoms with van der Waals surface area (Å²) in [5.74, 6) is -0.313. The van der Waals surface area contributed by atoms with Gasteiger partial charge in [-0.3, -0.25) is 9.59 Å². The van der Waals surface area contributed by atoms with Crippen LogP contribution in [0.2, 0.25) is 0 Å². The number of methoxy groups -OCH3 is 1. The van der Waals surface area contributed by atoms with Gasteiger partial charge in [0.1, 0.15) is 6.54 Å². The monoisotopic (exact) mass is 452 g/mol. The van der Waals surface area contributed by atoms with Gasteiger partial charge in [-0.2, -0.15) is 0 Å². The van der Waals surface area contributed by atoms with Crippen LogP contribution in [0.4, 0.5) is 16.2 Å². The van der Waals surface area contributed by atoms with Crippen LogP contribution in [0.5, 0.6) is 0 Å². The highest BCUT2D eigenvalue weighted by Crippen LogP contribution is 2.30. The molecule has 0 aliphatic carbocycles. The number of rotatable bonds is 8. The number of nitrogens with one attached hydrogen (secondary N) is 3. The molecule has 3 N–H and O–H groups in total. The molecule has 1 heterocycles. The molecule has 0 radical (unpaired) electrons. The van der Waals surface area contributed by atoms with Gasteiger partial charge in [0.05, 0.1) is 18.5 Å². The van der Waals surface area contributed by atoms with Crippen molar-refractivity contribution in [3.63, 3.8) is 0 Å². The van der Waals surface area contributed by atoms with Gasteiger partial charge in [-0.25, -0.2) is 4.79 Å². The number of amides is 3. The minimum atomic E-state index is -0.542. The summed E-state index contributed by atoms with van der Waals surface area (Å²) in [6, 6.07) is 12.9. The van der Waals surface area contributed by atoms with Gasteiger partial charge in [-0.1, -0.05) is 38.1 Å². The molecule has 0 bridgehead atoms. The van der Waals surface area contributed by atoms with Crippen LogP contribution in [-0.2, 0) is 16.1 Å². The van der Waals surface area contributed by atoms with Crippen LogP contribution in [-0.4, -0.2) is 44.7 Å². The summed E-state index contributed by atoms with van der Waals surface area (Å²) in [5, 5.41) is 8.18. The molecule has 0 saturated carbocycles. The van der Waals surface area contributed by atoms with Crippen molar-refractivity contribution < 1.29 is 19.1 Å². The first-order chi connectivity index (χ1) is 15.9. The third kappa shape index (κ3) is 6.71. The fraction of sp³-hybridized carbons (Fsp3) is 0.400. The van der Waals surface area contributed by atoms with E-state index in [0.717, 1.165) is 37.2 Å². The van der Waals surface area contributed by atoms with Crippen LogP contribution in [0.25, 0.3) is 0 Å². The molecule has 2 aromatic rings. The zero-order chi connectivity index (χ0) is 23.8. The Morgan fingerprint density at radius 2 is 1.70 bits per heavy atom. The van der Waals surface area contributed by atoms with Crippen LogP contribution in [0.3, 0.4) is 0 Å². The van der Waals surface area contributed by atoms with Gasteiger partial charge in [0.2, 0.25) is 0 Å². The highest BCUT2D eigenvalue weighted by Gasteiger charge is 2.19. The summed E-state index contributed by atoms with van der Waals surface area (Å²) in [7, 11) is 1.26. The van der Waals surface area contributed by atoms with Crippen molar-refractivity contribution in [3.8, 4) is 0 Å². The van der Waals surface area contributed by atoms with Gasteiger partial charge in [0.25, 0.3) is 5.91 Å². The van der Waals surface area contributed by atoms with E-state index in [-0.39, 0.29) is 12.5 Å². The molecule has 0 spiro atoms. The maximum absolute atomic E-state index is 12.8. The molecule has 0 atom stereocenters. The first-order valence-electron chi connectivity index (χ1n) is 11.2. The summed E-state index contributed by atoms with van der Waals surface area (Å²) in [6.07, 6.45) is 2.15. The van der Waals surface area contributed by atoms with Crippen LogP contribution < -0.4 is 20.9 Å². The second-order valence-electron chi connectivity index (χ2n) is 8.39. The fourth-order valence-electron chi connectivity index (χ4n) is 3.71. The maximum atomic E-state index is 12.8. The lowest BCUT2D eigenvalue weighted by Crippen LogP contribution is -2.34. The molecule has 33 heavy (non-hydrogen) atoms. The number of anilines is 2. The van der Waals surface area contributed by atoms with Gasteiger partial charge >= 0.3 is 12.0 Å². The molecule has 2 aromatic carbocycles. The predicted molar refractivity (Wildman–Crippen MR) is 129 cm³/mol. The van der Waals surface area contributed by atoms with Crippen molar-refractivity contribution in [2.45, 2.75) is 39.2 Å². The Morgan fingerprint density at radius 3 is 2.33 bits per heavy atom. The Bertz CT molecular complexity index is 982. The molecule has 3 amide bonds. The molecule has 1 saturated heterocycles. The predicted octanol–water partition coefficient (Wildman–Crippen LogP) is 3.63. The molecule has 1 fully saturated rings. The SMILES string of the molecule is COC(=O)CNC(=O)Nc1cc(C(=O)NCc2ccc(C(C)C)cc2)ccc1N1CCCC1. The zero-order valence-electron chi connectivity index (χ0n) is 19.4. The summed E-state index contributed by atoms with van der Waals surface area (Å²) in [6.45, 7) is 6.23. The molecule has 0 aromatic heterocycles. The highest BCUT2D eigenvalue weighted by molar-refractivity contribution is 6.00. The zero-order valence-corrected chi connectivity index (χ0v) is 19.4. The van der Waals surface area contributed by atoms with E-state index in [1.54, 1.807) is 12.1 Å². The van der Waals surface area contributed by atoms with Crippen molar-refractivity contribution in [1.29, 1.82) is 0 Å². The number of carbonyl (C=O) groups is 3. The lowest BCUT2D eigenvalue weighted by Gasteiger charge is -2.22. The lowest BCUT2D eigenvalue weighted by atomic mass is 10.0. The number of hydrogen-bond acceptors (Lipinski definition) is 5. The van der Waals surface area contributed by atoms with Crippen molar-refractivity contribution in [2.24, 2.45) is 0 Å². The molecule has 1 aliphatic heterocycles. The van der Waals surface area contributed by atoms with Gasteiger partial charge in [-0.05, 0) is 48.1 Å². The van der Waals surface area contributed by atoms with Crippen molar-refractivity contribution in [3.05, 3.63) is 59.2 Å². The molecule has 176 valence electrons. The molecule has 0 unspecified atom stereocenters. The van der Waals surface area contributed by atoms with Crippen LogP contribution in [0.15, 0.2) is 42.5 Å². The number of hydrogen-bond donors (Lipinski definition) is 3. The summed E-state index contributed by atoms with van der Waals surface area (Å²) in [5.41, 5.74) is 4.08. The first-order valence-corrected chi connectivity index (χ1v) is 11.2. The topological polar surface area (TPSA) is 99.8 Å². The maximum Gasteiger partial charge on any atom is 0.325 e. The van der Waals surface area contributed by atoms with E-state index in [1.807, 2.05) is 18.2 Å². The van der Waals surface area contributed by atoms with E-state index < -0.39 is 12.0 Å². The van der Waals surface area contributed by atoms with Crippen molar-refractivity contribution in [2.75, 3.05) is 37.0 Å². The summed E-state index contributed by atoms with van der Waals surface area (Å²) < 4.78 is 4.55. The average molecular weight is 453 g/mol. The Kier molecular flexibility index (Phi) is 8.29. The molecular weight excluding hydrogens is 420 g/mol. The molecule has 1 aliphatic rings. The number of benzene rings is 2. The number of nitrogens with zero attached hydrogens (tertiary/aromatic N) is 1. The van der Waals surface area contributed by atoms with Crippen molar-refractivity contribution in [1.82, 2.24) is 10.6 Å².